The number of halogens is 1. The molecule has 0 bridgehead atoms. The Bertz CT molecular complexity index is 769. The zero-order chi connectivity index (χ0) is 15.6. The fourth-order valence-electron chi connectivity index (χ4n) is 1.86. The average Bonchev–Trinajstić information content (AvgIpc) is 2.42. The van der Waals surface area contributed by atoms with Crippen LogP contribution in [-0.4, -0.2) is 15.5 Å². The van der Waals surface area contributed by atoms with E-state index in [4.69, 9.17) is 8.92 Å². The molecule has 0 atom stereocenters. The fourth-order valence-corrected chi connectivity index (χ4v) is 2.86. The molecule has 112 valence electrons. The molecule has 0 N–H and O–H groups in total. The summed E-state index contributed by atoms with van der Waals surface area (Å²) in [6, 6.07) is 8.47. The van der Waals surface area contributed by atoms with Gasteiger partial charge in [0.1, 0.15) is 10.6 Å². The number of rotatable bonds is 4. The molecule has 0 unspecified atom stereocenters. The highest BCUT2D eigenvalue weighted by Crippen LogP contribution is 2.26. The van der Waals surface area contributed by atoms with Crippen molar-refractivity contribution in [3.05, 3.63) is 53.3 Å². The van der Waals surface area contributed by atoms with Gasteiger partial charge in [-0.15, -0.1) is 0 Å². The number of benzene rings is 2. The van der Waals surface area contributed by atoms with E-state index in [1.807, 2.05) is 6.92 Å². The second-order valence-corrected chi connectivity index (χ2v) is 6.15. The number of hydrogen-bond acceptors (Lipinski definition) is 4. The van der Waals surface area contributed by atoms with Crippen LogP contribution in [0.3, 0.4) is 0 Å². The van der Waals surface area contributed by atoms with E-state index in [0.29, 0.717) is 5.56 Å². The molecule has 0 saturated carbocycles. The van der Waals surface area contributed by atoms with E-state index in [2.05, 4.69) is 0 Å². The highest BCUT2D eigenvalue weighted by atomic mass is 32.2. The van der Waals surface area contributed by atoms with Crippen LogP contribution < -0.4 is 8.92 Å². The van der Waals surface area contributed by atoms with Crippen molar-refractivity contribution in [1.29, 1.82) is 0 Å². The van der Waals surface area contributed by atoms with Gasteiger partial charge in [0.25, 0.3) is 0 Å². The summed E-state index contributed by atoms with van der Waals surface area (Å²) < 4.78 is 47.7. The summed E-state index contributed by atoms with van der Waals surface area (Å²) in [5, 5.41) is 0. The van der Waals surface area contributed by atoms with Crippen molar-refractivity contribution in [2.24, 2.45) is 0 Å². The standard InChI is InChI=1S/C15H15FO4S/c1-10-4-6-14(11(2)8-10)20-21(17,18)12-5-7-15(19-3)13(16)9-12/h4-9H,1-3H3. The van der Waals surface area contributed by atoms with Gasteiger partial charge in [-0.2, -0.15) is 8.42 Å². The first-order valence-electron chi connectivity index (χ1n) is 6.19. The van der Waals surface area contributed by atoms with Crippen LogP contribution in [-0.2, 0) is 10.1 Å². The predicted molar refractivity (Wildman–Crippen MR) is 76.7 cm³/mol. The molecule has 21 heavy (non-hydrogen) atoms. The molecule has 0 aromatic heterocycles. The minimum atomic E-state index is -4.09. The van der Waals surface area contributed by atoms with E-state index in [1.54, 1.807) is 25.1 Å². The Hall–Kier alpha value is -2.08. The molecular weight excluding hydrogens is 295 g/mol. The molecule has 0 aliphatic carbocycles. The van der Waals surface area contributed by atoms with Crippen LogP contribution in [0.2, 0.25) is 0 Å². The Morgan fingerprint density at radius 3 is 2.24 bits per heavy atom. The largest absolute Gasteiger partial charge is 0.494 e. The second kappa shape index (κ2) is 5.73. The van der Waals surface area contributed by atoms with Gasteiger partial charge in [0.15, 0.2) is 11.6 Å². The Labute approximate surface area is 123 Å². The van der Waals surface area contributed by atoms with E-state index in [1.165, 1.54) is 19.2 Å². The minimum absolute atomic E-state index is 0.0273. The molecule has 2 aromatic carbocycles. The van der Waals surface area contributed by atoms with Crippen molar-refractivity contribution in [3.8, 4) is 11.5 Å². The lowest BCUT2D eigenvalue weighted by Crippen LogP contribution is -2.11. The zero-order valence-electron chi connectivity index (χ0n) is 11.9. The summed E-state index contributed by atoms with van der Waals surface area (Å²) in [7, 11) is -2.79. The van der Waals surface area contributed by atoms with Crippen LogP contribution in [0.1, 0.15) is 11.1 Å². The number of methoxy groups -OCH3 is 1. The topological polar surface area (TPSA) is 52.6 Å². The fraction of sp³-hybridized carbons (Fsp3) is 0.200. The van der Waals surface area contributed by atoms with Gasteiger partial charge >= 0.3 is 10.1 Å². The normalized spacial score (nSPS) is 11.2. The predicted octanol–water partition coefficient (Wildman–Crippen LogP) is 3.22. The van der Waals surface area contributed by atoms with Gasteiger partial charge in [-0.3, -0.25) is 0 Å². The summed E-state index contributed by atoms with van der Waals surface area (Å²) in [6.07, 6.45) is 0. The molecule has 0 spiro atoms. The number of aryl methyl sites for hydroxylation is 2. The first kappa shape index (κ1) is 15.3. The molecule has 0 aliphatic rings. The van der Waals surface area contributed by atoms with Crippen LogP contribution >= 0.6 is 0 Å². The van der Waals surface area contributed by atoms with Gasteiger partial charge in [0, 0.05) is 0 Å². The van der Waals surface area contributed by atoms with Gasteiger partial charge in [0.2, 0.25) is 0 Å². The first-order valence-corrected chi connectivity index (χ1v) is 7.59. The van der Waals surface area contributed by atoms with Gasteiger partial charge in [0.05, 0.1) is 7.11 Å². The van der Waals surface area contributed by atoms with Gasteiger partial charge in [-0.05, 0) is 43.7 Å². The van der Waals surface area contributed by atoms with Crippen LogP contribution in [0.15, 0.2) is 41.3 Å². The Kier molecular flexibility index (Phi) is 4.18. The smallest absolute Gasteiger partial charge is 0.339 e. The van der Waals surface area contributed by atoms with Crippen LogP contribution in [0.4, 0.5) is 4.39 Å². The summed E-state index contributed by atoms with van der Waals surface area (Å²) in [6.45, 7) is 3.64. The third-order valence-corrected chi connectivity index (χ3v) is 4.17. The molecule has 0 aliphatic heterocycles. The molecule has 0 amide bonds. The molecule has 4 nitrogen and oxygen atoms in total. The van der Waals surface area contributed by atoms with Crippen LogP contribution in [0.25, 0.3) is 0 Å². The van der Waals surface area contributed by atoms with E-state index < -0.39 is 15.9 Å². The van der Waals surface area contributed by atoms with Crippen LogP contribution in [0, 0.1) is 19.7 Å². The summed E-state index contributed by atoms with van der Waals surface area (Å²) in [4.78, 5) is -0.263. The van der Waals surface area contributed by atoms with E-state index in [9.17, 15) is 12.8 Å². The Morgan fingerprint density at radius 2 is 1.67 bits per heavy atom. The van der Waals surface area contributed by atoms with Gasteiger partial charge in [-0.25, -0.2) is 4.39 Å². The SMILES string of the molecule is COc1ccc(S(=O)(=O)Oc2ccc(C)cc2C)cc1F. The highest BCUT2D eigenvalue weighted by Gasteiger charge is 2.19. The van der Waals surface area contributed by atoms with Crippen molar-refractivity contribution < 1.29 is 21.7 Å². The van der Waals surface area contributed by atoms with E-state index in [-0.39, 0.29) is 16.4 Å². The average molecular weight is 310 g/mol. The molecule has 2 rings (SSSR count). The molecule has 0 fully saturated rings. The molecule has 0 saturated heterocycles. The first-order chi connectivity index (χ1) is 9.83. The van der Waals surface area contributed by atoms with Crippen molar-refractivity contribution in [2.75, 3.05) is 7.11 Å². The third kappa shape index (κ3) is 3.33. The maximum absolute atomic E-state index is 13.6. The quantitative estimate of drug-likeness (QED) is 0.814. The second-order valence-electron chi connectivity index (χ2n) is 4.60. The lowest BCUT2D eigenvalue weighted by Gasteiger charge is -2.10. The maximum atomic E-state index is 13.6. The van der Waals surface area contributed by atoms with Gasteiger partial charge < -0.3 is 8.92 Å². The highest BCUT2D eigenvalue weighted by molar-refractivity contribution is 7.87. The van der Waals surface area contributed by atoms with E-state index in [0.717, 1.165) is 11.6 Å². The molecule has 6 heteroatoms. The van der Waals surface area contributed by atoms with Gasteiger partial charge in [-0.1, -0.05) is 17.7 Å². The summed E-state index contributed by atoms with van der Waals surface area (Å²) in [5.41, 5.74) is 1.68. The minimum Gasteiger partial charge on any atom is -0.494 e. The molecule has 0 heterocycles. The van der Waals surface area contributed by atoms with E-state index >= 15 is 0 Å². The molecule has 2 aromatic rings. The molecular formula is C15H15FO4S. The van der Waals surface area contributed by atoms with Crippen molar-refractivity contribution in [2.45, 2.75) is 18.7 Å². The lowest BCUT2D eigenvalue weighted by molar-refractivity contribution is 0.385. The Morgan fingerprint density at radius 1 is 1.00 bits per heavy atom. The number of hydrogen-bond donors (Lipinski definition) is 0. The van der Waals surface area contributed by atoms with Crippen molar-refractivity contribution >= 4 is 10.1 Å². The Balaban J connectivity index is 2.36. The third-order valence-electron chi connectivity index (χ3n) is 2.94. The lowest BCUT2D eigenvalue weighted by atomic mass is 10.1. The van der Waals surface area contributed by atoms with Crippen molar-refractivity contribution in [3.63, 3.8) is 0 Å². The zero-order valence-corrected chi connectivity index (χ0v) is 12.7. The summed E-state index contributed by atoms with van der Waals surface area (Å²) in [5.74, 6) is -0.569. The van der Waals surface area contributed by atoms with Crippen molar-refractivity contribution in [1.82, 2.24) is 0 Å². The monoisotopic (exact) mass is 310 g/mol. The summed E-state index contributed by atoms with van der Waals surface area (Å²) >= 11 is 0. The molecule has 0 radical (unpaired) electrons. The maximum Gasteiger partial charge on any atom is 0.339 e. The van der Waals surface area contributed by atoms with Crippen LogP contribution in [0.5, 0.6) is 11.5 Å². The number of ether oxygens (including phenoxy) is 1.